The highest BCUT2D eigenvalue weighted by atomic mass is 79.9. The maximum atomic E-state index is 5.94. The van der Waals surface area contributed by atoms with E-state index >= 15 is 0 Å². The molecule has 2 fully saturated rings. The highest BCUT2D eigenvalue weighted by Crippen LogP contribution is 2.24. The Kier molecular flexibility index (Phi) is 8.68. The van der Waals surface area contributed by atoms with Crippen LogP contribution in [0.25, 0.3) is 0 Å². The predicted octanol–water partition coefficient (Wildman–Crippen LogP) is 2.90. The summed E-state index contributed by atoms with van der Waals surface area (Å²) in [5, 5.41) is 6.82. The molecule has 0 saturated carbocycles. The fourth-order valence-electron chi connectivity index (χ4n) is 3.58. The molecule has 9 nitrogen and oxygen atoms in total. The fraction of sp³-hybridized carbons (Fsp3) is 0.500. The monoisotopic (exact) mass is 536 g/mol. The number of hydrogen-bond donors (Lipinski definition) is 2. The molecular weight excluding hydrogens is 508 g/mol. The van der Waals surface area contributed by atoms with Gasteiger partial charge in [0.15, 0.2) is 5.11 Å². The van der Waals surface area contributed by atoms with E-state index in [-0.39, 0.29) is 0 Å². The van der Waals surface area contributed by atoms with Gasteiger partial charge in [-0.25, -0.2) is 0 Å². The van der Waals surface area contributed by atoms with Crippen molar-refractivity contribution in [1.29, 1.82) is 0 Å². The second kappa shape index (κ2) is 11.9. The van der Waals surface area contributed by atoms with E-state index in [2.05, 4.69) is 46.3 Å². The number of halogens is 1. The smallest absolute Gasteiger partial charge is 0.320 e. The number of hydrogen-bond acceptors (Lipinski definition) is 8. The quantitative estimate of drug-likeness (QED) is 0.515. The zero-order valence-corrected chi connectivity index (χ0v) is 21.1. The lowest BCUT2D eigenvalue weighted by Gasteiger charge is -2.28. The summed E-state index contributed by atoms with van der Waals surface area (Å²) < 4.78 is 17.8. The zero-order chi connectivity index (χ0) is 23.0. The molecule has 0 atom stereocenters. The van der Waals surface area contributed by atoms with E-state index in [1.54, 1.807) is 0 Å². The molecular formula is C22H29BrN6O3S. The maximum Gasteiger partial charge on any atom is 0.320 e. The Morgan fingerprint density at radius 2 is 1.79 bits per heavy atom. The van der Waals surface area contributed by atoms with Gasteiger partial charge in [0.25, 0.3) is 0 Å². The van der Waals surface area contributed by atoms with E-state index in [1.165, 1.54) is 0 Å². The number of nitrogens with one attached hydrogen (secondary N) is 2. The number of aromatic nitrogens is 2. The van der Waals surface area contributed by atoms with Gasteiger partial charge in [0.05, 0.1) is 32.1 Å². The first-order chi connectivity index (χ1) is 16.1. The minimum absolute atomic E-state index is 0.328. The fourth-order valence-corrected chi connectivity index (χ4v) is 4.39. The lowest BCUT2D eigenvalue weighted by atomic mass is 10.2. The third-order valence-electron chi connectivity index (χ3n) is 5.38. The van der Waals surface area contributed by atoms with Gasteiger partial charge >= 0.3 is 6.01 Å². The van der Waals surface area contributed by atoms with Crippen molar-refractivity contribution in [1.82, 2.24) is 14.9 Å². The molecule has 0 radical (unpaired) electrons. The molecule has 0 aliphatic carbocycles. The Labute approximate surface area is 207 Å². The number of aryl methyl sites for hydroxylation is 1. The van der Waals surface area contributed by atoms with E-state index in [0.29, 0.717) is 36.8 Å². The topological polar surface area (TPSA) is 84.0 Å². The number of rotatable bonds is 7. The van der Waals surface area contributed by atoms with Crippen molar-refractivity contribution >= 4 is 50.6 Å². The van der Waals surface area contributed by atoms with Crippen LogP contribution in [-0.4, -0.2) is 85.7 Å². The first-order valence-corrected chi connectivity index (χ1v) is 12.3. The van der Waals surface area contributed by atoms with Gasteiger partial charge in [0.1, 0.15) is 18.2 Å². The Morgan fingerprint density at radius 1 is 1.06 bits per heavy atom. The average molecular weight is 537 g/mol. The summed E-state index contributed by atoms with van der Waals surface area (Å²) in [6.45, 7) is 9.58. The van der Waals surface area contributed by atoms with Crippen LogP contribution in [0.3, 0.4) is 0 Å². The van der Waals surface area contributed by atoms with E-state index < -0.39 is 0 Å². The van der Waals surface area contributed by atoms with Crippen LogP contribution in [0.2, 0.25) is 0 Å². The van der Waals surface area contributed by atoms with Crippen molar-refractivity contribution in [3.05, 3.63) is 34.3 Å². The summed E-state index contributed by atoms with van der Waals surface area (Å²) in [5.74, 6) is 1.37. The van der Waals surface area contributed by atoms with Gasteiger partial charge in [-0.1, -0.05) is 6.07 Å². The standard InChI is InChI=1S/C22H29BrN6O3S/c1-16-2-3-18(17(23)14-16)24-22(33)26-19-15-20(29-7-11-31-12-8-29)27-21(25-19)32-13-6-28-4-9-30-10-5-28/h2-3,14-15H,4-13H2,1H3,(H2,24,25,26,27,33). The zero-order valence-electron chi connectivity index (χ0n) is 18.7. The minimum Gasteiger partial charge on any atom is -0.462 e. The van der Waals surface area contributed by atoms with Crippen molar-refractivity contribution in [2.75, 3.05) is 81.3 Å². The van der Waals surface area contributed by atoms with Crippen LogP contribution in [-0.2, 0) is 9.47 Å². The highest BCUT2D eigenvalue weighted by Gasteiger charge is 2.17. The number of morpholine rings is 2. The molecule has 0 amide bonds. The minimum atomic E-state index is 0.328. The Bertz CT molecular complexity index is 954. The van der Waals surface area contributed by atoms with E-state index in [1.807, 2.05) is 31.2 Å². The van der Waals surface area contributed by atoms with Gasteiger partial charge in [0.2, 0.25) is 0 Å². The molecule has 178 valence electrons. The molecule has 2 N–H and O–H groups in total. The van der Waals surface area contributed by atoms with E-state index in [9.17, 15) is 0 Å². The van der Waals surface area contributed by atoms with Gasteiger partial charge in [-0.05, 0) is 52.8 Å². The number of benzene rings is 1. The first-order valence-electron chi connectivity index (χ1n) is 11.1. The SMILES string of the molecule is Cc1ccc(NC(=S)Nc2cc(N3CCOCC3)nc(OCCN3CCOCC3)n2)c(Br)c1. The first kappa shape index (κ1) is 24.1. The molecule has 0 unspecified atom stereocenters. The average Bonchev–Trinajstić information content (AvgIpc) is 2.82. The lowest BCUT2D eigenvalue weighted by molar-refractivity contribution is 0.0317. The molecule has 2 saturated heterocycles. The molecule has 0 spiro atoms. The lowest BCUT2D eigenvalue weighted by Crippen LogP contribution is -2.39. The summed E-state index contributed by atoms with van der Waals surface area (Å²) in [6.07, 6.45) is 0. The molecule has 1 aromatic heterocycles. The van der Waals surface area contributed by atoms with Crippen LogP contribution in [0, 0.1) is 6.92 Å². The van der Waals surface area contributed by atoms with Crippen molar-refractivity contribution in [3.63, 3.8) is 0 Å². The van der Waals surface area contributed by atoms with Crippen LogP contribution < -0.4 is 20.3 Å². The Morgan fingerprint density at radius 3 is 2.52 bits per heavy atom. The molecule has 11 heteroatoms. The molecule has 2 aromatic rings. The van der Waals surface area contributed by atoms with Crippen molar-refractivity contribution < 1.29 is 14.2 Å². The number of ether oxygens (including phenoxy) is 3. The number of nitrogens with zero attached hydrogens (tertiary/aromatic N) is 4. The second-order valence-corrected chi connectivity index (χ2v) is 9.12. The van der Waals surface area contributed by atoms with Crippen molar-refractivity contribution in [2.45, 2.75) is 6.92 Å². The Hall–Kier alpha value is -2.05. The molecule has 2 aliphatic heterocycles. The third-order valence-corrected chi connectivity index (χ3v) is 6.24. The molecule has 3 heterocycles. The highest BCUT2D eigenvalue weighted by molar-refractivity contribution is 9.10. The van der Waals surface area contributed by atoms with Gasteiger partial charge in [0, 0.05) is 43.3 Å². The molecule has 0 bridgehead atoms. The second-order valence-electron chi connectivity index (χ2n) is 7.86. The number of anilines is 3. The summed E-state index contributed by atoms with van der Waals surface area (Å²) in [5.41, 5.74) is 2.04. The summed E-state index contributed by atoms with van der Waals surface area (Å²) >= 11 is 9.10. The molecule has 4 rings (SSSR count). The van der Waals surface area contributed by atoms with Crippen LogP contribution in [0.4, 0.5) is 17.3 Å². The number of thiocarbonyl (C=S) groups is 1. The largest absolute Gasteiger partial charge is 0.462 e. The van der Waals surface area contributed by atoms with Gasteiger partial charge in [-0.15, -0.1) is 0 Å². The maximum absolute atomic E-state index is 5.94. The van der Waals surface area contributed by atoms with Gasteiger partial charge in [-0.2, -0.15) is 9.97 Å². The molecule has 33 heavy (non-hydrogen) atoms. The molecule has 2 aliphatic rings. The third kappa shape index (κ3) is 7.21. The van der Waals surface area contributed by atoms with Crippen LogP contribution in [0.1, 0.15) is 5.56 Å². The van der Waals surface area contributed by atoms with Crippen molar-refractivity contribution in [2.24, 2.45) is 0 Å². The Balaban J connectivity index is 1.44. The van der Waals surface area contributed by atoms with Gasteiger partial charge < -0.3 is 29.7 Å². The molecule has 1 aromatic carbocycles. The van der Waals surface area contributed by atoms with E-state index in [0.717, 1.165) is 67.5 Å². The van der Waals surface area contributed by atoms with Gasteiger partial charge in [-0.3, -0.25) is 4.90 Å². The predicted molar refractivity (Wildman–Crippen MR) is 137 cm³/mol. The van der Waals surface area contributed by atoms with Crippen molar-refractivity contribution in [3.8, 4) is 6.01 Å². The summed E-state index contributed by atoms with van der Waals surface area (Å²) in [4.78, 5) is 13.7. The van der Waals surface area contributed by atoms with Crippen LogP contribution >= 0.6 is 28.1 Å². The summed E-state index contributed by atoms with van der Waals surface area (Å²) in [7, 11) is 0. The van der Waals surface area contributed by atoms with E-state index in [4.69, 9.17) is 26.4 Å². The normalized spacial score (nSPS) is 17.0. The van der Waals surface area contributed by atoms with Crippen LogP contribution in [0.15, 0.2) is 28.7 Å². The van der Waals surface area contributed by atoms with Crippen LogP contribution in [0.5, 0.6) is 6.01 Å². The summed E-state index contributed by atoms with van der Waals surface area (Å²) in [6, 6.07) is 8.25.